The molecule has 1 aliphatic heterocycles. The Morgan fingerprint density at radius 2 is 1.74 bits per heavy atom. The highest BCUT2D eigenvalue weighted by atomic mass is 16.5. The zero-order valence-electron chi connectivity index (χ0n) is 19.1. The monoisotopic (exact) mass is 460 g/mol. The van der Waals surface area contributed by atoms with Crippen LogP contribution in [-0.4, -0.2) is 71.9 Å². The summed E-state index contributed by atoms with van der Waals surface area (Å²) in [5.41, 5.74) is 3.10. The maximum absolute atomic E-state index is 12.3. The van der Waals surface area contributed by atoms with Crippen LogP contribution in [0.3, 0.4) is 0 Å². The number of morpholine rings is 1. The first-order chi connectivity index (χ1) is 16.5. The summed E-state index contributed by atoms with van der Waals surface area (Å²) in [5, 5.41) is 21.1. The van der Waals surface area contributed by atoms with Crippen molar-refractivity contribution < 1.29 is 24.5 Å². The number of nitrogens with one attached hydrogen (secondary N) is 1. The first kappa shape index (κ1) is 25.2. The summed E-state index contributed by atoms with van der Waals surface area (Å²) in [7, 11) is 0. The van der Waals surface area contributed by atoms with Gasteiger partial charge in [-0.05, 0) is 60.7 Å². The Kier molecular flexibility index (Phi) is 9.40. The van der Waals surface area contributed by atoms with E-state index in [-0.39, 0.29) is 0 Å². The van der Waals surface area contributed by atoms with Crippen LogP contribution in [0.2, 0.25) is 0 Å². The van der Waals surface area contributed by atoms with Crippen molar-refractivity contribution in [1.82, 2.24) is 10.2 Å². The molecule has 2 aromatic rings. The number of nitrogens with zero attached hydrogens (tertiary/aromatic N) is 1. The largest absolute Gasteiger partial charge is 0.391 e. The molecule has 0 spiro atoms. The second kappa shape index (κ2) is 12.7. The van der Waals surface area contributed by atoms with Gasteiger partial charge in [-0.3, -0.25) is 14.5 Å². The van der Waals surface area contributed by atoms with Crippen molar-refractivity contribution in [3.8, 4) is 23.7 Å². The highest BCUT2D eigenvalue weighted by Gasteiger charge is 2.25. The molecule has 0 radical (unpaired) electrons. The number of aliphatic hydroxyl groups is 2. The molecule has 1 amide bonds. The smallest absolute Gasteiger partial charge is 0.251 e. The highest BCUT2D eigenvalue weighted by Crippen LogP contribution is 2.09. The fraction of sp³-hybridized carbons (Fsp3) is 0.333. The van der Waals surface area contributed by atoms with Gasteiger partial charge in [-0.25, -0.2) is 0 Å². The summed E-state index contributed by atoms with van der Waals surface area (Å²) in [4.78, 5) is 26.4. The van der Waals surface area contributed by atoms with Crippen molar-refractivity contribution in [3.05, 3.63) is 70.8 Å². The van der Waals surface area contributed by atoms with Crippen LogP contribution < -0.4 is 5.32 Å². The zero-order valence-corrected chi connectivity index (χ0v) is 19.1. The van der Waals surface area contributed by atoms with Gasteiger partial charge >= 0.3 is 0 Å². The molecule has 1 unspecified atom stereocenters. The molecule has 0 aliphatic carbocycles. The average Bonchev–Trinajstić information content (AvgIpc) is 2.85. The number of hydrogen-bond acceptors (Lipinski definition) is 6. The third kappa shape index (κ3) is 7.55. The van der Waals surface area contributed by atoms with Crippen molar-refractivity contribution in [3.63, 3.8) is 0 Å². The SMILES string of the molecule is CC(O)[C@H](NC(=O)c1ccc(C#CC#Cc2cccc(CN3CCOCC3)c2)cc1)C(=O)CO. The van der Waals surface area contributed by atoms with E-state index in [9.17, 15) is 14.7 Å². The van der Waals surface area contributed by atoms with Gasteiger partial charge < -0.3 is 20.3 Å². The third-order valence-electron chi connectivity index (χ3n) is 5.33. The molecular weight excluding hydrogens is 432 g/mol. The lowest BCUT2D eigenvalue weighted by atomic mass is 10.1. The summed E-state index contributed by atoms with van der Waals surface area (Å²) >= 11 is 0. The maximum atomic E-state index is 12.3. The lowest BCUT2D eigenvalue weighted by Gasteiger charge is -2.26. The van der Waals surface area contributed by atoms with E-state index < -0.39 is 30.4 Å². The molecule has 176 valence electrons. The van der Waals surface area contributed by atoms with Gasteiger partial charge in [0.1, 0.15) is 12.6 Å². The molecular formula is C27H28N2O5. The number of rotatable bonds is 7. The van der Waals surface area contributed by atoms with E-state index in [1.54, 1.807) is 24.3 Å². The minimum Gasteiger partial charge on any atom is -0.391 e. The van der Waals surface area contributed by atoms with Crippen LogP contribution in [0.15, 0.2) is 48.5 Å². The Bertz CT molecular complexity index is 1110. The van der Waals surface area contributed by atoms with Crippen molar-refractivity contribution in [2.45, 2.75) is 25.6 Å². The van der Waals surface area contributed by atoms with Crippen molar-refractivity contribution in [2.24, 2.45) is 0 Å². The fourth-order valence-electron chi connectivity index (χ4n) is 3.47. The van der Waals surface area contributed by atoms with E-state index in [2.05, 4.69) is 46.0 Å². The Labute approximate surface area is 199 Å². The summed E-state index contributed by atoms with van der Waals surface area (Å²) < 4.78 is 5.39. The minimum atomic E-state index is -1.17. The van der Waals surface area contributed by atoms with Crippen LogP contribution in [-0.2, 0) is 16.1 Å². The van der Waals surface area contributed by atoms with E-state index in [1.807, 2.05) is 12.1 Å². The van der Waals surface area contributed by atoms with E-state index in [0.29, 0.717) is 11.1 Å². The molecule has 7 heteroatoms. The van der Waals surface area contributed by atoms with E-state index in [1.165, 1.54) is 12.5 Å². The summed E-state index contributed by atoms with van der Waals surface area (Å²) in [6.45, 7) is 4.89. The van der Waals surface area contributed by atoms with Gasteiger partial charge in [-0.2, -0.15) is 0 Å². The molecule has 2 atom stereocenters. The molecule has 1 aliphatic rings. The van der Waals surface area contributed by atoms with E-state index in [0.717, 1.165) is 38.4 Å². The zero-order chi connectivity index (χ0) is 24.3. The van der Waals surface area contributed by atoms with Crippen molar-refractivity contribution in [2.75, 3.05) is 32.9 Å². The first-order valence-corrected chi connectivity index (χ1v) is 11.1. The van der Waals surface area contributed by atoms with Crippen LogP contribution in [0, 0.1) is 23.7 Å². The van der Waals surface area contributed by atoms with Crippen molar-refractivity contribution >= 4 is 11.7 Å². The van der Waals surface area contributed by atoms with Gasteiger partial charge in [0.15, 0.2) is 5.78 Å². The van der Waals surface area contributed by atoms with E-state index >= 15 is 0 Å². The molecule has 34 heavy (non-hydrogen) atoms. The van der Waals surface area contributed by atoms with Crippen LogP contribution in [0.1, 0.15) is 34.0 Å². The number of carbonyl (C=O) groups is 2. The molecule has 0 bridgehead atoms. The normalized spacial score (nSPS) is 15.1. The van der Waals surface area contributed by atoms with E-state index in [4.69, 9.17) is 9.84 Å². The maximum Gasteiger partial charge on any atom is 0.251 e. The van der Waals surface area contributed by atoms with Gasteiger partial charge in [-0.1, -0.05) is 24.0 Å². The quantitative estimate of drug-likeness (QED) is 0.533. The molecule has 0 saturated carbocycles. The topological polar surface area (TPSA) is 99.1 Å². The van der Waals surface area contributed by atoms with Crippen LogP contribution in [0.4, 0.5) is 0 Å². The molecule has 1 saturated heterocycles. The number of aliphatic hydroxyl groups excluding tert-OH is 2. The Morgan fingerprint density at radius 1 is 1.06 bits per heavy atom. The molecule has 0 aromatic heterocycles. The molecule has 1 heterocycles. The first-order valence-electron chi connectivity index (χ1n) is 11.1. The molecule has 1 fully saturated rings. The lowest BCUT2D eigenvalue weighted by molar-refractivity contribution is -0.125. The van der Waals surface area contributed by atoms with Crippen LogP contribution in [0.5, 0.6) is 0 Å². The molecule has 7 nitrogen and oxygen atoms in total. The number of carbonyl (C=O) groups excluding carboxylic acids is 2. The predicted molar refractivity (Wildman–Crippen MR) is 128 cm³/mol. The van der Waals surface area contributed by atoms with Crippen LogP contribution >= 0.6 is 0 Å². The van der Waals surface area contributed by atoms with Gasteiger partial charge in [0.05, 0.1) is 19.3 Å². The number of benzene rings is 2. The number of amides is 1. The average molecular weight is 461 g/mol. The van der Waals surface area contributed by atoms with Gasteiger partial charge in [0.25, 0.3) is 5.91 Å². The second-order valence-electron chi connectivity index (χ2n) is 7.98. The Morgan fingerprint density at radius 3 is 2.38 bits per heavy atom. The standard InChI is InChI=1S/C27H28N2O5/c1-20(31)26(25(32)19-30)28-27(33)24-11-9-21(10-12-24)5-2-3-6-22-7-4-8-23(17-22)18-29-13-15-34-16-14-29/h4,7-12,17,20,26,30-31H,13-16,18-19H2,1H3,(H,28,33)/t20?,26-/m0/s1. The number of ketones is 1. The number of Topliss-reactive ketones (excluding diaryl/α,β-unsaturated/α-hetero) is 1. The molecule has 3 N–H and O–H groups in total. The Balaban J connectivity index is 1.59. The van der Waals surface area contributed by atoms with Gasteiger partial charge in [0, 0.05) is 36.3 Å². The molecule has 3 rings (SSSR count). The minimum absolute atomic E-state index is 0.310. The predicted octanol–water partition coefficient (Wildman–Crippen LogP) is 0.963. The lowest BCUT2D eigenvalue weighted by Crippen LogP contribution is -2.48. The van der Waals surface area contributed by atoms with Gasteiger partial charge in [-0.15, -0.1) is 0 Å². The highest BCUT2D eigenvalue weighted by molar-refractivity contribution is 5.98. The van der Waals surface area contributed by atoms with Crippen LogP contribution in [0.25, 0.3) is 0 Å². The fourth-order valence-corrected chi connectivity index (χ4v) is 3.47. The third-order valence-corrected chi connectivity index (χ3v) is 5.33. The Hall–Kier alpha value is -3.46. The molecule has 2 aromatic carbocycles. The number of ether oxygens (including phenoxy) is 1. The summed E-state index contributed by atoms with van der Waals surface area (Å²) in [6.07, 6.45) is -1.12. The number of hydrogen-bond donors (Lipinski definition) is 3. The van der Waals surface area contributed by atoms with Crippen molar-refractivity contribution in [1.29, 1.82) is 0 Å². The second-order valence-corrected chi connectivity index (χ2v) is 7.98. The van der Waals surface area contributed by atoms with Gasteiger partial charge in [0.2, 0.25) is 0 Å². The summed E-state index contributed by atoms with van der Waals surface area (Å²) in [6, 6.07) is 13.4. The summed E-state index contributed by atoms with van der Waals surface area (Å²) in [5.74, 6) is 10.5.